The molecule has 1 aromatic rings. The van der Waals surface area contributed by atoms with Gasteiger partial charge in [-0.15, -0.1) is 11.3 Å². The second kappa shape index (κ2) is 7.28. The molecule has 4 nitrogen and oxygen atoms in total. The lowest BCUT2D eigenvalue weighted by Gasteiger charge is -2.32. The number of carbonyl (C=O) groups is 1. The zero-order valence-corrected chi connectivity index (χ0v) is 13.0. The Labute approximate surface area is 119 Å². The Bertz CT molecular complexity index is 405. The van der Waals surface area contributed by atoms with Gasteiger partial charge >= 0.3 is 0 Å². The molecule has 1 rings (SSSR count). The normalized spacial score (nSPS) is 13.2. The van der Waals surface area contributed by atoms with E-state index in [1.54, 1.807) is 24.5 Å². The molecule has 0 aliphatic rings. The highest BCUT2D eigenvalue weighted by Gasteiger charge is 2.26. The molecule has 19 heavy (non-hydrogen) atoms. The average molecular weight is 282 g/mol. The molecule has 1 amide bonds. The molecule has 1 unspecified atom stereocenters. The van der Waals surface area contributed by atoms with Crippen molar-refractivity contribution >= 4 is 23.5 Å². The second-order valence-electron chi connectivity index (χ2n) is 4.93. The first-order valence-electron chi connectivity index (χ1n) is 6.48. The molecule has 0 aliphatic heterocycles. The minimum absolute atomic E-state index is 0.0340. The number of oxime groups is 1. The predicted molar refractivity (Wildman–Crippen MR) is 79.6 cm³/mol. The zero-order valence-electron chi connectivity index (χ0n) is 12.2. The summed E-state index contributed by atoms with van der Waals surface area (Å²) in [5, 5.41) is 5.84. The molecule has 1 aromatic heterocycles. The van der Waals surface area contributed by atoms with Gasteiger partial charge in [0, 0.05) is 17.0 Å². The molecule has 0 aromatic carbocycles. The molecule has 0 aliphatic carbocycles. The lowest BCUT2D eigenvalue weighted by molar-refractivity contribution is -0.146. The van der Waals surface area contributed by atoms with E-state index in [9.17, 15) is 4.79 Å². The van der Waals surface area contributed by atoms with E-state index in [0.717, 1.165) is 4.88 Å². The van der Waals surface area contributed by atoms with Crippen molar-refractivity contribution in [1.82, 2.24) is 4.90 Å². The largest absolute Gasteiger partial charge is 0.383 e. The van der Waals surface area contributed by atoms with Crippen molar-refractivity contribution in [3.05, 3.63) is 22.4 Å². The van der Waals surface area contributed by atoms with Crippen molar-refractivity contribution in [1.29, 1.82) is 0 Å². The lowest BCUT2D eigenvalue weighted by Crippen LogP contribution is -2.46. The smallest absolute Gasteiger partial charge is 0.266 e. The molecular formula is C14H22N2O2S. The summed E-state index contributed by atoms with van der Waals surface area (Å²) in [7, 11) is 0. The number of hydrogen-bond donors (Lipinski definition) is 0. The highest BCUT2D eigenvalue weighted by Crippen LogP contribution is 2.10. The Morgan fingerprint density at radius 2 is 1.95 bits per heavy atom. The van der Waals surface area contributed by atoms with Gasteiger partial charge in [0.25, 0.3) is 5.91 Å². The van der Waals surface area contributed by atoms with Crippen LogP contribution in [0.5, 0.6) is 0 Å². The number of carbonyl (C=O) groups excluding carboxylic acids is 1. The quantitative estimate of drug-likeness (QED) is 0.594. The van der Waals surface area contributed by atoms with Gasteiger partial charge in [-0.3, -0.25) is 4.79 Å². The molecule has 1 heterocycles. The summed E-state index contributed by atoms with van der Waals surface area (Å²) >= 11 is 1.57. The van der Waals surface area contributed by atoms with E-state index in [-0.39, 0.29) is 18.0 Å². The fourth-order valence-electron chi connectivity index (χ4n) is 1.90. The lowest BCUT2D eigenvalue weighted by atomic mass is 10.2. The maximum atomic E-state index is 12.2. The number of nitrogens with zero attached hydrogens (tertiary/aromatic N) is 2. The Hall–Kier alpha value is -1.36. The molecule has 0 spiro atoms. The zero-order chi connectivity index (χ0) is 14.4. The van der Waals surface area contributed by atoms with E-state index in [1.165, 1.54) is 0 Å². The molecule has 0 radical (unpaired) electrons. The van der Waals surface area contributed by atoms with Crippen LogP contribution >= 0.6 is 11.3 Å². The maximum absolute atomic E-state index is 12.2. The number of amides is 1. The van der Waals surface area contributed by atoms with Gasteiger partial charge in [0.2, 0.25) is 6.10 Å². The Morgan fingerprint density at radius 1 is 1.32 bits per heavy atom. The third-order valence-corrected chi connectivity index (χ3v) is 3.46. The molecule has 1 atom stereocenters. The summed E-state index contributed by atoms with van der Waals surface area (Å²) in [6.07, 6.45) is 1.06. The van der Waals surface area contributed by atoms with E-state index in [0.29, 0.717) is 0 Å². The molecule has 0 fully saturated rings. The first-order chi connectivity index (χ1) is 8.93. The van der Waals surface area contributed by atoms with Crippen LogP contribution in [0.4, 0.5) is 0 Å². The van der Waals surface area contributed by atoms with Crippen LogP contribution in [-0.4, -0.2) is 35.2 Å². The van der Waals surface area contributed by atoms with E-state index in [2.05, 4.69) is 5.16 Å². The minimum Gasteiger partial charge on any atom is -0.383 e. The fourth-order valence-corrected chi connectivity index (χ4v) is 2.47. The van der Waals surface area contributed by atoms with Gasteiger partial charge in [0.15, 0.2) is 0 Å². The number of thiophene rings is 1. The Kier molecular flexibility index (Phi) is 6.02. The molecular weight excluding hydrogens is 260 g/mol. The van der Waals surface area contributed by atoms with Crippen LogP contribution in [0.2, 0.25) is 0 Å². The van der Waals surface area contributed by atoms with Crippen molar-refractivity contribution in [2.75, 3.05) is 0 Å². The summed E-state index contributed by atoms with van der Waals surface area (Å²) in [6, 6.07) is 4.19. The van der Waals surface area contributed by atoms with Crippen LogP contribution in [0.1, 0.15) is 39.5 Å². The molecule has 0 bridgehead atoms. The number of hydrogen-bond acceptors (Lipinski definition) is 4. The van der Waals surface area contributed by atoms with Crippen molar-refractivity contribution in [2.24, 2.45) is 5.16 Å². The Balaban J connectivity index is 2.56. The van der Waals surface area contributed by atoms with Crippen LogP contribution in [0, 0.1) is 0 Å². The van der Waals surface area contributed by atoms with E-state index in [1.807, 2.05) is 50.1 Å². The molecule has 0 N–H and O–H groups in total. The summed E-state index contributed by atoms with van der Waals surface area (Å²) in [5.41, 5.74) is 0. The first-order valence-corrected chi connectivity index (χ1v) is 7.36. The van der Waals surface area contributed by atoms with Crippen LogP contribution < -0.4 is 0 Å². The highest BCUT2D eigenvalue weighted by molar-refractivity contribution is 7.11. The standard InChI is InChI=1S/C14H22N2O2S/c1-10(2)16(11(3)4)14(17)12(5)18-15-9-13-7-6-8-19-13/h6-12H,1-5H3. The van der Waals surface area contributed by atoms with Crippen LogP contribution in [0.15, 0.2) is 22.7 Å². The third kappa shape index (κ3) is 4.67. The average Bonchev–Trinajstić information content (AvgIpc) is 2.80. The fraction of sp³-hybridized carbons (Fsp3) is 0.571. The second-order valence-corrected chi connectivity index (χ2v) is 5.91. The third-order valence-electron chi connectivity index (χ3n) is 2.66. The van der Waals surface area contributed by atoms with Gasteiger partial charge in [0.05, 0.1) is 6.21 Å². The molecule has 0 saturated carbocycles. The van der Waals surface area contributed by atoms with Gasteiger partial charge in [-0.05, 0) is 46.1 Å². The Morgan fingerprint density at radius 3 is 2.42 bits per heavy atom. The molecule has 0 saturated heterocycles. The van der Waals surface area contributed by atoms with Gasteiger partial charge in [-0.25, -0.2) is 0 Å². The van der Waals surface area contributed by atoms with E-state index >= 15 is 0 Å². The van der Waals surface area contributed by atoms with E-state index < -0.39 is 6.10 Å². The summed E-state index contributed by atoms with van der Waals surface area (Å²) in [6.45, 7) is 9.73. The maximum Gasteiger partial charge on any atom is 0.266 e. The predicted octanol–water partition coefficient (Wildman–Crippen LogP) is 3.13. The summed E-state index contributed by atoms with van der Waals surface area (Å²) in [5.74, 6) is -0.0340. The van der Waals surface area contributed by atoms with Crippen LogP contribution in [0.25, 0.3) is 0 Å². The number of rotatable bonds is 6. The van der Waals surface area contributed by atoms with E-state index in [4.69, 9.17) is 4.84 Å². The van der Waals surface area contributed by atoms with Crippen molar-refractivity contribution in [3.63, 3.8) is 0 Å². The topological polar surface area (TPSA) is 41.9 Å². The summed E-state index contributed by atoms with van der Waals surface area (Å²) in [4.78, 5) is 20.3. The van der Waals surface area contributed by atoms with Crippen molar-refractivity contribution in [3.8, 4) is 0 Å². The van der Waals surface area contributed by atoms with Gasteiger partial charge in [-0.2, -0.15) is 0 Å². The minimum atomic E-state index is -0.569. The summed E-state index contributed by atoms with van der Waals surface area (Å²) < 4.78 is 0. The molecule has 106 valence electrons. The SMILES string of the molecule is CC(ON=Cc1cccs1)C(=O)N(C(C)C)C(C)C. The van der Waals surface area contributed by atoms with Gasteiger partial charge in [-0.1, -0.05) is 11.2 Å². The van der Waals surface area contributed by atoms with Gasteiger partial charge in [0.1, 0.15) is 0 Å². The van der Waals surface area contributed by atoms with Crippen LogP contribution in [0.3, 0.4) is 0 Å². The van der Waals surface area contributed by atoms with Crippen molar-refractivity contribution in [2.45, 2.75) is 52.8 Å². The van der Waals surface area contributed by atoms with Gasteiger partial charge < -0.3 is 9.74 Å². The van der Waals surface area contributed by atoms with Crippen molar-refractivity contribution < 1.29 is 9.63 Å². The first kappa shape index (κ1) is 15.7. The highest BCUT2D eigenvalue weighted by atomic mass is 32.1. The van der Waals surface area contributed by atoms with Crippen LogP contribution in [-0.2, 0) is 9.63 Å². The monoisotopic (exact) mass is 282 g/mol. The molecule has 5 heteroatoms.